The number of rotatable bonds is 0. The van der Waals surface area contributed by atoms with Crippen LogP contribution in [0.2, 0.25) is 0 Å². The number of halogens is 1. The van der Waals surface area contributed by atoms with Gasteiger partial charge in [-0.3, -0.25) is 0 Å². The minimum absolute atomic E-state index is 1.02. The summed E-state index contributed by atoms with van der Waals surface area (Å²) in [5.74, 6) is 0. The van der Waals surface area contributed by atoms with E-state index in [-0.39, 0.29) is 0 Å². The van der Waals surface area contributed by atoms with Gasteiger partial charge in [0.2, 0.25) is 0 Å². The molecule has 0 saturated heterocycles. The van der Waals surface area contributed by atoms with Crippen LogP contribution in [-0.4, -0.2) is 0 Å². The zero-order valence-corrected chi connectivity index (χ0v) is 13.5. The lowest BCUT2D eigenvalue weighted by molar-refractivity contribution is 1.28. The molecule has 1 aliphatic rings. The molecule has 0 N–H and O–H groups in total. The average Bonchev–Trinajstić information content (AvgIpc) is 2.94. The van der Waals surface area contributed by atoms with Crippen LogP contribution in [0.15, 0.2) is 71.2 Å². The second-order valence-electron chi connectivity index (χ2n) is 5.92. The summed E-state index contributed by atoms with van der Waals surface area (Å²) in [5, 5.41) is 5.48. The smallest absolute Gasteiger partial charge is 0.0178 e. The summed E-state index contributed by atoms with van der Waals surface area (Å²) in [7, 11) is 0. The average molecular weight is 345 g/mol. The topological polar surface area (TPSA) is 0 Å². The molecule has 0 saturated carbocycles. The van der Waals surface area contributed by atoms with Crippen LogP contribution in [0.25, 0.3) is 32.7 Å². The Morgan fingerprint density at radius 3 is 2.09 bits per heavy atom. The van der Waals surface area contributed by atoms with E-state index < -0.39 is 0 Å². The quantitative estimate of drug-likeness (QED) is 0.288. The molecule has 0 nitrogen and oxygen atoms in total. The van der Waals surface area contributed by atoms with Crippen molar-refractivity contribution in [2.75, 3.05) is 0 Å². The summed E-state index contributed by atoms with van der Waals surface area (Å²) >= 11 is 3.61. The van der Waals surface area contributed by atoms with Crippen LogP contribution in [0.5, 0.6) is 0 Å². The summed E-state index contributed by atoms with van der Waals surface area (Å²) in [6.45, 7) is 0. The third kappa shape index (κ3) is 1.57. The van der Waals surface area contributed by atoms with E-state index in [1.807, 2.05) is 0 Å². The second-order valence-corrected chi connectivity index (χ2v) is 6.84. The molecule has 0 heterocycles. The Kier molecular flexibility index (Phi) is 2.51. The Labute approximate surface area is 137 Å². The molecule has 4 aromatic rings. The zero-order valence-electron chi connectivity index (χ0n) is 11.9. The lowest BCUT2D eigenvalue weighted by Gasteiger charge is -2.12. The van der Waals surface area contributed by atoms with Crippen molar-refractivity contribution in [1.82, 2.24) is 0 Å². The van der Waals surface area contributed by atoms with Crippen LogP contribution in [0.3, 0.4) is 0 Å². The SMILES string of the molecule is Brc1ccc2c(c1)Cc1c-2c2ccccc2c2ccccc12. The molecule has 0 fully saturated rings. The molecular formula is C21H13Br. The highest BCUT2D eigenvalue weighted by Crippen LogP contribution is 2.46. The van der Waals surface area contributed by atoms with E-state index in [2.05, 4.69) is 82.7 Å². The molecule has 0 unspecified atom stereocenters. The first-order valence-electron chi connectivity index (χ1n) is 7.54. The monoisotopic (exact) mass is 344 g/mol. The molecule has 22 heavy (non-hydrogen) atoms. The highest BCUT2D eigenvalue weighted by Gasteiger charge is 2.23. The standard InChI is InChI=1S/C21H13Br/c22-14-9-10-15-13(11-14)12-20-18-7-2-1-5-16(18)17-6-3-4-8-19(17)21(15)20/h1-11H,12H2. The first-order chi connectivity index (χ1) is 10.8. The van der Waals surface area contributed by atoms with Crippen molar-refractivity contribution in [3.05, 3.63) is 82.3 Å². The van der Waals surface area contributed by atoms with Gasteiger partial charge in [-0.05, 0) is 62.4 Å². The highest BCUT2D eigenvalue weighted by molar-refractivity contribution is 9.10. The minimum Gasteiger partial charge on any atom is -0.0616 e. The molecule has 4 aromatic carbocycles. The molecule has 0 atom stereocenters. The molecular weight excluding hydrogens is 332 g/mol. The maximum absolute atomic E-state index is 3.61. The van der Waals surface area contributed by atoms with E-state index >= 15 is 0 Å². The van der Waals surface area contributed by atoms with Gasteiger partial charge in [-0.1, -0.05) is 70.5 Å². The second kappa shape index (κ2) is 4.44. The Morgan fingerprint density at radius 1 is 0.682 bits per heavy atom. The zero-order chi connectivity index (χ0) is 14.7. The Balaban J connectivity index is 2.03. The van der Waals surface area contributed by atoms with Crippen molar-refractivity contribution in [2.45, 2.75) is 6.42 Å². The van der Waals surface area contributed by atoms with Gasteiger partial charge in [-0.25, -0.2) is 0 Å². The van der Waals surface area contributed by atoms with E-state index in [4.69, 9.17) is 0 Å². The van der Waals surface area contributed by atoms with Crippen LogP contribution in [0.4, 0.5) is 0 Å². The van der Waals surface area contributed by atoms with Gasteiger partial charge in [0, 0.05) is 4.47 Å². The molecule has 0 aromatic heterocycles. The van der Waals surface area contributed by atoms with Crippen molar-refractivity contribution in [3.8, 4) is 11.1 Å². The molecule has 0 spiro atoms. The van der Waals surface area contributed by atoms with Gasteiger partial charge in [0.05, 0.1) is 0 Å². The number of hydrogen-bond donors (Lipinski definition) is 0. The fourth-order valence-electron chi connectivity index (χ4n) is 3.85. The number of hydrogen-bond acceptors (Lipinski definition) is 0. The van der Waals surface area contributed by atoms with Gasteiger partial charge in [-0.2, -0.15) is 0 Å². The van der Waals surface area contributed by atoms with Gasteiger partial charge in [0.15, 0.2) is 0 Å². The largest absolute Gasteiger partial charge is 0.0616 e. The Bertz CT molecular complexity index is 1060. The predicted molar refractivity (Wildman–Crippen MR) is 97.4 cm³/mol. The van der Waals surface area contributed by atoms with Gasteiger partial charge in [0.25, 0.3) is 0 Å². The van der Waals surface area contributed by atoms with Gasteiger partial charge < -0.3 is 0 Å². The third-order valence-electron chi connectivity index (χ3n) is 4.74. The molecule has 0 aliphatic heterocycles. The fraction of sp³-hybridized carbons (Fsp3) is 0.0476. The lowest BCUT2D eigenvalue weighted by atomic mass is 9.92. The molecule has 0 amide bonds. The molecule has 1 heteroatoms. The van der Waals surface area contributed by atoms with Gasteiger partial charge >= 0.3 is 0 Å². The normalized spacial score (nSPS) is 12.6. The van der Waals surface area contributed by atoms with Crippen molar-refractivity contribution in [1.29, 1.82) is 0 Å². The molecule has 104 valence electrons. The number of benzene rings is 4. The van der Waals surface area contributed by atoms with E-state index in [1.165, 1.54) is 43.8 Å². The lowest BCUT2D eigenvalue weighted by Crippen LogP contribution is -1.87. The van der Waals surface area contributed by atoms with Crippen molar-refractivity contribution < 1.29 is 0 Å². The maximum atomic E-state index is 3.61. The molecule has 5 rings (SSSR count). The van der Waals surface area contributed by atoms with Gasteiger partial charge in [0.1, 0.15) is 0 Å². The summed E-state index contributed by atoms with van der Waals surface area (Å²) in [4.78, 5) is 0. The first-order valence-corrected chi connectivity index (χ1v) is 8.33. The van der Waals surface area contributed by atoms with E-state index in [0.717, 1.165) is 10.9 Å². The predicted octanol–water partition coefficient (Wildman–Crippen LogP) is 6.33. The fourth-order valence-corrected chi connectivity index (χ4v) is 4.26. The maximum Gasteiger partial charge on any atom is 0.0178 e. The van der Waals surface area contributed by atoms with Crippen LogP contribution in [0.1, 0.15) is 11.1 Å². The Morgan fingerprint density at radius 2 is 1.32 bits per heavy atom. The molecule has 1 aliphatic carbocycles. The van der Waals surface area contributed by atoms with Crippen LogP contribution >= 0.6 is 15.9 Å². The van der Waals surface area contributed by atoms with E-state index in [0.29, 0.717) is 0 Å². The van der Waals surface area contributed by atoms with Crippen molar-refractivity contribution in [3.63, 3.8) is 0 Å². The van der Waals surface area contributed by atoms with Gasteiger partial charge in [-0.15, -0.1) is 0 Å². The third-order valence-corrected chi connectivity index (χ3v) is 5.24. The first kappa shape index (κ1) is 12.4. The van der Waals surface area contributed by atoms with Crippen molar-refractivity contribution >= 4 is 37.5 Å². The Hall–Kier alpha value is -2.12. The summed E-state index contributed by atoms with van der Waals surface area (Å²) < 4.78 is 1.16. The van der Waals surface area contributed by atoms with E-state index in [9.17, 15) is 0 Å². The summed E-state index contributed by atoms with van der Waals surface area (Å²) in [6.07, 6.45) is 1.02. The highest BCUT2D eigenvalue weighted by atomic mass is 79.9. The van der Waals surface area contributed by atoms with Crippen LogP contribution in [0, 0.1) is 0 Å². The van der Waals surface area contributed by atoms with Crippen molar-refractivity contribution in [2.24, 2.45) is 0 Å². The van der Waals surface area contributed by atoms with Crippen LogP contribution < -0.4 is 0 Å². The molecule has 0 radical (unpaired) electrons. The number of fused-ring (bicyclic) bond motifs is 8. The molecule has 0 bridgehead atoms. The minimum atomic E-state index is 1.02. The van der Waals surface area contributed by atoms with Crippen LogP contribution in [-0.2, 0) is 6.42 Å². The summed E-state index contributed by atoms with van der Waals surface area (Å²) in [6, 6.07) is 24.3. The summed E-state index contributed by atoms with van der Waals surface area (Å²) in [5.41, 5.74) is 5.71. The van der Waals surface area contributed by atoms with E-state index in [1.54, 1.807) is 0 Å².